The molecule has 0 unspecified atom stereocenters. The van der Waals surface area contributed by atoms with Crippen molar-refractivity contribution in [3.8, 4) is 5.75 Å². The number of halogens is 1. The largest absolute Gasteiger partial charge is 1.00 e. The summed E-state index contributed by atoms with van der Waals surface area (Å²) < 4.78 is 6.11. The van der Waals surface area contributed by atoms with Crippen LogP contribution in [0.15, 0.2) is 60.8 Å². The van der Waals surface area contributed by atoms with Gasteiger partial charge in [-0.25, -0.2) is 0 Å². The van der Waals surface area contributed by atoms with Gasteiger partial charge in [0, 0.05) is 16.1 Å². The minimum absolute atomic E-state index is 0. The molecular formula is C23H18ClN2NaO3. The Hall–Kier alpha value is -2.18. The maximum atomic E-state index is 11.2. The Labute approximate surface area is 202 Å². The molecule has 0 aliphatic heterocycles. The summed E-state index contributed by atoms with van der Waals surface area (Å²) in [4.78, 5) is 11.2. The number of rotatable bonds is 6. The summed E-state index contributed by atoms with van der Waals surface area (Å²) in [5, 5.41) is 19.2. The van der Waals surface area contributed by atoms with E-state index in [1.807, 2.05) is 48.5 Å². The van der Waals surface area contributed by atoms with E-state index < -0.39 is 5.97 Å². The molecule has 2 aromatic carbocycles. The van der Waals surface area contributed by atoms with E-state index in [1.165, 1.54) is 6.07 Å². The minimum Gasteiger partial charge on any atom is -0.543 e. The quantitative estimate of drug-likeness (QED) is 0.551. The standard InChI is InChI=1S/C23H19ClN2O3.Na/c24-17-9-10-22(29-14-15-5-2-1-3-6-15)20(12-17)19-8-4-7-18(19)16-11-21(23(27)28)26-25-13-16;/h1-3,5-6,9-13H,4,7-8,14H2,(H,27,28);/q;+1/p-1. The van der Waals surface area contributed by atoms with Gasteiger partial charge in [0.1, 0.15) is 18.1 Å². The molecule has 0 bridgehead atoms. The van der Waals surface area contributed by atoms with Crippen LogP contribution < -0.4 is 39.4 Å². The van der Waals surface area contributed by atoms with Gasteiger partial charge in [0.15, 0.2) is 0 Å². The fraction of sp³-hybridized carbons (Fsp3) is 0.174. The van der Waals surface area contributed by atoms with E-state index in [-0.39, 0.29) is 35.3 Å². The smallest absolute Gasteiger partial charge is 0.543 e. The molecule has 0 amide bonds. The third-order valence-corrected chi connectivity index (χ3v) is 5.17. The van der Waals surface area contributed by atoms with E-state index in [4.69, 9.17) is 16.3 Å². The Kier molecular flexibility index (Phi) is 7.67. The molecule has 0 radical (unpaired) electrons. The third-order valence-electron chi connectivity index (χ3n) is 4.93. The van der Waals surface area contributed by atoms with E-state index >= 15 is 0 Å². The van der Waals surface area contributed by atoms with Gasteiger partial charge in [0.2, 0.25) is 0 Å². The zero-order chi connectivity index (χ0) is 20.2. The van der Waals surface area contributed by atoms with Crippen LogP contribution in [0.1, 0.15) is 46.4 Å². The summed E-state index contributed by atoms with van der Waals surface area (Å²) in [5.74, 6) is -0.594. The fourth-order valence-corrected chi connectivity index (χ4v) is 3.76. The number of allylic oxidation sites excluding steroid dienone is 2. The molecule has 4 rings (SSSR count). The molecule has 146 valence electrons. The van der Waals surface area contributed by atoms with Crippen molar-refractivity contribution in [3.63, 3.8) is 0 Å². The van der Waals surface area contributed by atoms with Crippen LogP contribution in [-0.2, 0) is 6.61 Å². The number of ether oxygens (including phenoxy) is 1. The summed E-state index contributed by atoms with van der Waals surface area (Å²) in [6.45, 7) is 0.448. The molecule has 1 aliphatic rings. The second kappa shape index (κ2) is 10.2. The predicted molar refractivity (Wildman–Crippen MR) is 109 cm³/mol. The Balaban J connectivity index is 0.00000256. The third kappa shape index (κ3) is 5.10. The summed E-state index contributed by atoms with van der Waals surface area (Å²) in [7, 11) is 0. The number of benzene rings is 2. The van der Waals surface area contributed by atoms with Gasteiger partial charge in [0.25, 0.3) is 0 Å². The normalized spacial score (nSPS) is 13.1. The first-order valence-corrected chi connectivity index (χ1v) is 9.73. The number of aromatic nitrogens is 2. The van der Waals surface area contributed by atoms with Crippen molar-refractivity contribution in [1.82, 2.24) is 10.2 Å². The van der Waals surface area contributed by atoms with Crippen LogP contribution in [0, 0.1) is 0 Å². The van der Waals surface area contributed by atoms with Crippen LogP contribution in [0.5, 0.6) is 5.75 Å². The molecule has 1 aromatic heterocycles. The van der Waals surface area contributed by atoms with Crippen LogP contribution >= 0.6 is 11.6 Å². The van der Waals surface area contributed by atoms with Gasteiger partial charge < -0.3 is 14.6 Å². The van der Waals surface area contributed by atoms with Crippen LogP contribution in [0.2, 0.25) is 5.02 Å². The maximum Gasteiger partial charge on any atom is 1.00 e. The first-order valence-electron chi connectivity index (χ1n) is 9.35. The van der Waals surface area contributed by atoms with Gasteiger partial charge >= 0.3 is 29.6 Å². The average molecular weight is 429 g/mol. The van der Waals surface area contributed by atoms with Crippen molar-refractivity contribution in [1.29, 1.82) is 0 Å². The topological polar surface area (TPSA) is 75.1 Å². The zero-order valence-electron chi connectivity index (χ0n) is 16.6. The molecule has 0 fully saturated rings. The van der Waals surface area contributed by atoms with E-state index in [1.54, 1.807) is 6.20 Å². The summed E-state index contributed by atoms with van der Waals surface area (Å²) in [5.41, 5.74) is 4.69. The average Bonchev–Trinajstić information content (AvgIpc) is 3.23. The maximum absolute atomic E-state index is 11.2. The molecule has 7 heteroatoms. The van der Waals surface area contributed by atoms with Crippen molar-refractivity contribution < 1.29 is 44.2 Å². The van der Waals surface area contributed by atoms with Gasteiger partial charge in [-0.15, -0.1) is 5.10 Å². The zero-order valence-corrected chi connectivity index (χ0v) is 19.4. The van der Waals surface area contributed by atoms with Gasteiger partial charge in [-0.05, 0) is 60.2 Å². The fourth-order valence-electron chi connectivity index (χ4n) is 3.59. The molecule has 1 heterocycles. The number of carbonyl (C=O) groups is 1. The molecule has 0 saturated carbocycles. The first-order chi connectivity index (χ1) is 14.1. The van der Waals surface area contributed by atoms with Gasteiger partial charge in [0.05, 0.1) is 12.2 Å². The second-order valence-corrected chi connectivity index (χ2v) is 7.28. The Morgan fingerprint density at radius 1 is 1.07 bits per heavy atom. The number of carboxylic acids is 1. The molecule has 0 N–H and O–H groups in total. The number of nitrogens with zero attached hydrogens (tertiary/aromatic N) is 2. The van der Waals surface area contributed by atoms with Crippen LogP contribution in [0.4, 0.5) is 0 Å². The van der Waals surface area contributed by atoms with Crippen LogP contribution in [-0.4, -0.2) is 16.2 Å². The van der Waals surface area contributed by atoms with Crippen LogP contribution in [0.3, 0.4) is 0 Å². The Morgan fingerprint density at radius 2 is 1.83 bits per heavy atom. The number of carboxylic acid groups (broad SMARTS) is 1. The van der Waals surface area contributed by atoms with E-state index in [2.05, 4.69) is 10.2 Å². The van der Waals surface area contributed by atoms with Crippen molar-refractivity contribution in [2.75, 3.05) is 0 Å². The number of hydrogen-bond donors (Lipinski definition) is 0. The van der Waals surface area contributed by atoms with Crippen molar-refractivity contribution >= 4 is 28.7 Å². The summed E-state index contributed by atoms with van der Waals surface area (Å²) in [6, 6.07) is 17.0. The molecule has 0 spiro atoms. The Bertz CT molecular complexity index is 1090. The molecule has 1 aliphatic carbocycles. The van der Waals surface area contributed by atoms with Gasteiger partial charge in [-0.2, -0.15) is 5.10 Å². The molecule has 3 aromatic rings. The van der Waals surface area contributed by atoms with Crippen molar-refractivity contribution in [2.45, 2.75) is 25.9 Å². The monoisotopic (exact) mass is 428 g/mol. The van der Waals surface area contributed by atoms with E-state index in [9.17, 15) is 9.90 Å². The molecule has 30 heavy (non-hydrogen) atoms. The number of aromatic carboxylic acids is 1. The molecular weight excluding hydrogens is 411 g/mol. The number of carbonyl (C=O) groups excluding carboxylic acids is 1. The Morgan fingerprint density at radius 3 is 2.60 bits per heavy atom. The first kappa shape index (κ1) is 22.5. The minimum atomic E-state index is -1.34. The van der Waals surface area contributed by atoms with Crippen molar-refractivity contribution in [2.24, 2.45) is 0 Å². The van der Waals surface area contributed by atoms with Crippen molar-refractivity contribution in [3.05, 3.63) is 88.2 Å². The van der Waals surface area contributed by atoms with Crippen LogP contribution in [0.25, 0.3) is 11.1 Å². The molecule has 5 nitrogen and oxygen atoms in total. The number of hydrogen-bond acceptors (Lipinski definition) is 5. The summed E-state index contributed by atoms with van der Waals surface area (Å²) >= 11 is 6.29. The SMILES string of the molecule is O=C([O-])c1cc(C2=C(c3cc(Cl)ccc3OCc3ccccc3)CCC2)cnn1.[Na+]. The van der Waals surface area contributed by atoms with E-state index in [0.29, 0.717) is 11.6 Å². The van der Waals surface area contributed by atoms with Gasteiger partial charge in [-0.3, -0.25) is 0 Å². The molecule has 0 saturated heterocycles. The van der Waals surface area contributed by atoms with E-state index in [0.717, 1.165) is 52.8 Å². The predicted octanol–water partition coefficient (Wildman–Crippen LogP) is 1.17. The summed E-state index contributed by atoms with van der Waals surface area (Å²) in [6.07, 6.45) is 4.21. The molecule has 0 atom stereocenters. The van der Waals surface area contributed by atoms with Gasteiger partial charge in [-0.1, -0.05) is 41.9 Å². The second-order valence-electron chi connectivity index (χ2n) is 6.84.